The zero-order chi connectivity index (χ0) is 13.9. The van der Waals surface area contributed by atoms with Crippen LogP contribution < -0.4 is 5.32 Å². The molecular formula is C14H14F2N2O. The predicted octanol–water partition coefficient (Wildman–Crippen LogP) is 2.92. The summed E-state index contributed by atoms with van der Waals surface area (Å²) >= 11 is 0. The Morgan fingerprint density at radius 1 is 1.16 bits per heavy atom. The monoisotopic (exact) mass is 264 g/mol. The minimum Gasteiger partial charge on any atom is -0.334 e. The van der Waals surface area contributed by atoms with Crippen LogP contribution in [0.15, 0.2) is 18.2 Å². The molecule has 1 aromatic rings. The van der Waals surface area contributed by atoms with Crippen molar-refractivity contribution in [3.8, 4) is 6.07 Å². The molecule has 0 atom stereocenters. The van der Waals surface area contributed by atoms with E-state index in [-0.39, 0.29) is 5.56 Å². The van der Waals surface area contributed by atoms with E-state index >= 15 is 0 Å². The van der Waals surface area contributed by atoms with Gasteiger partial charge in [0, 0.05) is 11.6 Å². The first-order valence-corrected chi connectivity index (χ1v) is 6.24. The lowest BCUT2D eigenvalue weighted by Gasteiger charge is -2.31. The summed E-state index contributed by atoms with van der Waals surface area (Å²) in [6, 6.07) is 4.76. The minimum absolute atomic E-state index is 0.0994. The van der Waals surface area contributed by atoms with Crippen LogP contribution >= 0.6 is 0 Å². The molecule has 1 N–H and O–H groups in total. The highest BCUT2D eigenvalue weighted by Crippen LogP contribution is 2.28. The molecule has 1 aliphatic rings. The Labute approximate surface area is 110 Å². The average molecular weight is 264 g/mol. The predicted molar refractivity (Wildman–Crippen MR) is 65.3 cm³/mol. The van der Waals surface area contributed by atoms with E-state index in [4.69, 9.17) is 0 Å². The fourth-order valence-corrected chi connectivity index (χ4v) is 2.39. The normalized spacial score (nSPS) is 17.5. The smallest absolute Gasteiger partial charge is 0.252 e. The fraction of sp³-hybridized carbons (Fsp3) is 0.429. The van der Waals surface area contributed by atoms with Crippen LogP contribution in [-0.2, 0) is 0 Å². The quantitative estimate of drug-likeness (QED) is 0.892. The SMILES string of the molecule is N#CC1(NC(=O)c2cc(F)cc(F)c2)CCCCC1. The van der Waals surface area contributed by atoms with Crippen molar-refractivity contribution in [3.63, 3.8) is 0 Å². The van der Waals surface area contributed by atoms with E-state index in [9.17, 15) is 18.8 Å². The lowest BCUT2D eigenvalue weighted by atomic mass is 9.82. The maximum absolute atomic E-state index is 13.1. The topological polar surface area (TPSA) is 52.9 Å². The number of amides is 1. The number of carbonyl (C=O) groups excluding carboxylic acids is 1. The highest BCUT2D eigenvalue weighted by molar-refractivity contribution is 5.95. The van der Waals surface area contributed by atoms with Crippen molar-refractivity contribution in [2.75, 3.05) is 0 Å². The first-order chi connectivity index (χ1) is 9.04. The Kier molecular flexibility index (Phi) is 3.79. The van der Waals surface area contributed by atoms with Gasteiger partial charge in [0.15, 0.2) is 0 Å². The number of halogens is 2. The van der Waals surface area contributed by atoms with Gasteiger partial charge in [-0.2, -0.15) is 5.26 Å². The van der Waals surface area contributed by atoms with Crippen molar-refractivity contribution < 1.29 is 13.6 Å². The second-order valence-corrected chi connectivity index (χ2v) is 4.87. The zero-order valence-electron chi connectivity index (χ0n) is 10.4. The Morgan fingerprint density at radius 2 is 1.74 bits per heavy atom. The maximum Gasteiger partial charge on any atom is 0.252 e. The van der Waals surface area contributed by atoms with Gasteiger partial charge in [0.05, 0.1) is 6.07 Å². The molecule has 0 spiro atoms. The average Bonchev–Trinajstić information content (AvgIpc) is 2.38. The van der Waals surface area contributed by atoms with Gasteiger partial charge in [-0.1, -0.05) is 19.3 Å². The molecule has 0 aliphatic heterocycles. The number of nitriles is 1. The van der Waals surface area contributed by atoms with Gasteiger partial charge in [0.2, 0.25) is 0 Å². The summed E-state index contributed by atoms with van der Waals surface area (Å²) in [4.78, 5) is 12.0. The molecule has 0 bridgehead atoms. The van der Waals surface area contributed by atoms with Crippen molar-refractivity contribution in [2.45, 2.75) is 37.6 Å². The number of hydrogen-bond acceptors (Lipinski definition) is 2. The molecule has 0 heterocycles. The lowest BCUT2D eigenvalue weighted by Crippen LogP contribution is -2.48. The van der Waals surface area contributed by atoms with Crippen LogP contribution in [0.5, 0.6) is 0 Å². The Hall–Kier alpha value is -1.96. The summed E-state index contributed by atoms with van der Waals surface area (Å²) in [5.41, 5.74) is -1.00. The standard InChI is InChI=1S/C14H14F2N2O/c15-11-6-10(7-12(16)8-11)13(19)18-14(9-17)4-2-1-3-5-14/h6-8H,1-5H2,(H,18,19). The largest absolute Gasteiger partial charge is 0.334 e. The molecule has 3 nitrogen and oxygen atoms in total. The molecule has 1 aliphatic carbocycles. The van der Waals surface area contributed by atoms with Gasteiger partial charge in [0.1, 0.15) is 17.2 Å². The number of benzene rings is 1. The van der Waals surface area contributed by atoms with Gasteiger partial charge < -0.3 is 5.32 Å². The van der Waals surface area contributed by atoms with E-state index in [2.05, 4.69) is 11.4 Å². The number of nitrogens with zero attached hydrogens (tertiary/aromatic N) is 1. The molecule has 2 rings (SSSR count). The number of rotatable bonds is 2. The molecule has 0 aromatic heterocycles. The van der Waals surface area contributed by atoms with E-state index in [1.807, 2.05) is 0 Å². The van der Waals surface area contributed by atoms with Crippen LogP contribution in [0.4, 0.5) is 8.78 Å². The van der Waals surface area contributed by atoms with Crippen LogP contribution in [0.25, 0.3) is 0 Å². The third-order valence-corrected chi connectivity index (χ3v) is 3.40. The molecule has 5 heteroatoms. The molecular weight excluding hydrogens is 250 g/mol. The van der Waals surface area contributed by atoms with Crippen LogP contribution in [0.3, 0.4) is 0 Å². The highest BCUT2D eigenvalue weighted by atomic mass is 19.1. The molecule has 1 saturated carbocycles. The highest BCUT2D eigenvalue weighted by Gasteiger charge is 2.33. The Bertz CT molecular complexity index is 510. The van der Waals surface area contributed by atoms with Crippen LogP contribution in [0, 0.1) is 23.0 Å². The van der Waals surface area contributed by atoms with E-state index in [1.165, 1.54) is 0 Å². The second kappa shape index (κ2) is 5.35. The van der Waals surface area contributed by atoms with Crippen LogP contribution in [0.1, 0.15) is 42.5 Å². The molecule has 0 unspecified atom stereocenters. The molecule has 1 fully saturated rings. The Morgan fingerprint density at radius 3 is 2.26 bits per heavy atom. The van der Waals surface area contributed by atoms with E-state index in [1.54, 1.807) is 0 Å². The number of nitrogens with one attached hydrogen (secondary N) is 1. The van der Waals surface area contributed by atoms with Gasteiger partial charge in [-0.05, 0) is 25.0 Å². The Balaban J connectivity index is 2.18. The summed E-state index contributed by atoms with van der Waals surface area (Å²) in [6.07, 6.45) is 3.92. The molecule has 0 saturated heterocycles. The van der Waals surface area contributed by atoms with Crippen molar-refractivity contribution in [1.82, 2.24) is 5.32 Å². The number of carbonyl (C=O) groups is 1. The van der Waals surface area contributed by atoms with Crippen LogP contribution in [-0.4, -0.2) is 11.4 Å². The lowest BCUT2D eigenvalue weighted by molar-refractivity contribution is 0.0901. The van der Waals surface area contributed by atoms with E-state index in [0.717, 1.165) is 31.4 Å². The van der Waals surface area contributed by atoms with E-state index < -0.39 is 23.1 Å². The summed E-state index contributed by atoms with van der Waals surface area (Å²) < 4.78 is 26.1. The fourth-order valence-electron chi connectivity index (χ4n) is 2.39. The molecule has 100 valence electrons. The van der Waals surface area contributed by atoms with Gasteiger partial charge in [-0.25, -0.2) is 8.78 Å². The first kappa shape index (κ1) is 13.5. The summed E-state index contributed by atoms with van der Waals surface area (Å²) in [7, 11) is 0. The molecule has 19 heavy (non-hydrogen) atoms. The number of hydrogen-bond donors (Lipinski definition) is 1. The summed E-state index contributed by atoms with van der Waals surface area (Å²) in [5, 5.41) is 11.9. The first-order valence-electron chi connectivity index (χ1n) is 6.24. The van der Waals surface area contributed by atoms with Crippen molar-refractivity contribution in [3.05, 3.63) is 35.4 Å². The van der Waals surface area contributed by atoms with Crippen molar-refractivity contribution in [1.29, 1.82) is 5.26 Å². The minimum atomic E-state index is -0.905. The van der Waals surface area contributed by atoms with Crippen molar-refractivity contribution >= 4 is 5.91 Å². The van der Waals surface area contributed by atoms with Gasteiger partial charge in [0.25, 0.3) is 5.91 Å². The summed E-state index contributed by atoms with van der Waals surface area (Å²) in [6.45, 7) is 0. The van der Waals surface area contributed by atoms with Gasteiger partial charge in [-0.3, -0.25) is 4.79 Å². The maximum atomic E-state index is 13.1. The van der Waals surface area contributed by atoms with Crippen LogP contribution in [0.2, 0.25) is 0 Å². The molecule has 1 amide bonds. The van der Waals surface area contributed by atoms with E-state index in [0.29, 0.717) is 18.9 Å². The van der Waals surface area contributed by atoms with Gasteiger partial charge >= 0.3 is 0 Å². The molecule has 1 aromatic carbocycles. The summed E-state index contributed by atoms with van der Waals surface area (Å²) in [5.74, 6) is -2.22. The van der Waals surface area contributed by atoms with Gasteiger partial charge in [-0.15, -0.1) is 0 Å². The molecule has 0 radical (unpaired) electrons. The third-order valence-electron chi connectivity index (χ3n) is 3.40. The second-order valence-electron chi connectivity index (χ2n) is 4.87. The zero-order valence-corrected chi connectivity index (χ0v) is 10.4. The third kappa shape index (κ3) is 3.08. The van der Waals surface area contributed by atoms with Crippen molar-refractivity contribution in [2.24, 2.45) is 0 Å².